The van der Waals surface area contributed by atoms with E-state index < -0.39 is 0 Å². The van der Waals surface area contributed by atoms with Gasteiger partial charge in [-0.05, 0) is 25.2 Å². The number of hydrogen-bond donors (Lipinski definition) is 2. The predicted molar refractivity (Wildman–Crippen MR) is 44.7 cm³/mol. The molecule has 0 aromatic heterocycles. The molecule has 0 bridgehead atoms. The second kappa shape index (κ2) is 8.78. The highest BCUT2D eigenvalue weighted by molar-refractivity contribution is 7.31. The van der Waals surface area contributed by atoms with Crippen LogP contribution in [0.2, 0.25) is 0 Å². The maximum absolute atomic E-state index is 8.40. The van der Waals surface area contributed by atoms with Gasteiger partial charge in [0.1, 0.15) is 0 Å². The first-order valence-electron chi connectivity index (χ1n) is 3.15. The highest BCUT2D eigenvalue weighted by Gasteiger charge is 1.87. The maximum atomic E-state index is 8.40. The fourth-order valence-corrected chi connectivity index (χ4v) is 1.40. The van der Waals surface area contributed by atoms with E-state index in [4.69, 9.17) is 9.79 Å². The van der Waals surface area contributed by atoms with Gasteiger partial charge < -0.3 is 9.79 Å². The first-order valence-corrected chi connectivity index (χ1v) is 5.46. The van der Waals surface area contributed by atoms with Crippen LogP contribution in [0.15, 0.2) is 0 Å². The Kier molecular flexibility index (Phi) is 9.54. The lowest BCUT2D eigenvalue weighted by atomic mass is 10.3. The molecule has 0 spiro atoms. The molecule has 0 saturated heterocycles. The summed E-state index contributed by atoms with van der Waals surface area (Å²) in [7, 11) is 0.219. The molecule has 2 N–H and O–H groups in total. The minimum atomic E-state index is 0.109. The van der Waals surface area contributed by atoms with Crippen molar-refractivity contribution in [2.24, 2.45) is 0 Å². The van der Waals surface area contributed by atoms with Crippen molar-refractivity contribution in [2.75, 3.05) is 12.3 Å². The van der Waals surface area contributed by atoms with Crippen molar-refractivity contribution in [3.8, 4) is 0 Å². The molecule has 0 aliphatic carbocycles. The summed E-state index contributed by atoms with van der Waals surface area (Å²) in [4.78, 5) is 16.8. The summed E-state index contributed by atoms with van der Waals surface area (Å²) >= 11 is 0. The van der Waals surface area contributed by atoms with Crippen LogP contribution in [0, 0.1) is 0 Å². The zero-order valence-electron chi connectivity index (χ0n) is 5.43. The Labute approximate surface area is 59.8 Å². The van der Waals surface area contributed by atoms with Gasteiger partial charge in [-0.1, -0.05) is 6.42 Å². The fourth-order valence-electron chi connectivity index (χ4n) is 0.585. The third-order valence-electron chi connectivity index (χ3n) is 1.08. The molecule has 2 unspecified atom stereocenters. The molecule has 0 aliphatic heterocycles. The maximum Gasteiger partial charge on any atom is 0.0107 e. The third-order valence-corrected chi connectivity index (χ3v) is 2.23. The van der Waals surface area contributed by atoms with E-state index in [0.717, 1.165) is 31.6 Å². The van der Waals surface area contributed by atoms with E-state index in [2.05, 4.69) is 0 Å². The molecular weight excluding hydrogens is 154 g/mol. The summed E-state index contributed by atoms with van der Waals surface area (Å²) in [6.07, 6.45) is 5.25. The summed E-state index contributed by atoms with van der Waals surface area (Å²) in [5.41, 5.74) is 0. The Morgan fingerprint density at radius 3 is 1.56 bits per heavy atom. The van der Waals surface area contributed by atoms with Crippen molar-refractivity contribution in [3.63, 3.8) is 0 Å². The van der Waals surface area contributed by atoms with Gasteiger partial charge in [0.25, 0.3) is 0 Å². The molecule has 56 valence electrons. The molecule has 0 saturated carbocycles. The molecular formula is C5H14O2P2. The topological polar surface area (TPSA) is 40.5 Å². The van der Waals surface area contributed by atoms with E-state index in [1.165, 1.54) is 0 Å². The molecule has 0 fully saturated rings. The van der Waals surface area contributed by atoms with Gasteiger partial charge >= 0.3 is 0 Å². The van der Waals surface area contributed by atoms with Gasteiger partial charge in [-0.2, -0.15) is 0 Å². The highest BCUT2D eigenvalue weighted by atomic mass is 31.1. The molecule has 0 radical (unpaired) electrons. The molecule has 9 heavy (non-hydrogen) atoms. The molecule has 0 rings (SSSR count). The Morgan fingerprint density at radius 1 is 0.778 bits per heavy atom. The third kappa shape index (κ3) is 8.78. The zero-order valence-corrected chi connectivity index (χ0v) is 7.43. The Balaban J connectivity index is 2.60. The smallest absolute Gasteiger partial charge is 0.0107 e. The van der Waals surface area contributed by atoms with Gasteiger partial charge in [0.05, 0.1) is 0 Å². The summed E-state index contributed by atoms with van der Waals surface area (Å²) in [5, 5.41) is 0. The van der Waals surface area contributed by atoms with Crippen LogP contribution in [0.3, 0.4) is 0 Å². The van der Waals surface area contributed by atoms with Gasteiger partial charge in [-0.15, -0.1) is 0 Å². The lowest BCUT2D eigenvalue weighted by molar-refractivity contribution is 0.631. The summed E-state index contributed by atoms with van der Waals surface area (Å²) in [5.74, 6) is 0. The van der Waals surface area contributed by atoms with Gasteiger partial charge in [0.2, 0.25) is 0 Å². The minimum Gasteiger partial charge on any atom is -0.377 e. The highest BCUT2D eigenvalue weighted by Crippen LogP contribution is 2.10. The van der Waals surface area contributed by atoms with E-state index in [-0.39, 0.29) is 17.6 Å². The van der Waals surface area contributed by atoms with Crippen LogP contribution >= 0.6 is 17.6 Å². The van der Waals surface area contributed by atoms with Crippen LogP contribution in [-0.2, 0) is 0 Å². The molecule has 0 aromatic rings. The number of unbranched alkanes of at least 4 members (excludes halogenated alkanes) is 2. The van der Waals surface area contributed by atoms with Crippen LogP contribution in [0.1, 0.15) is 19.3 Å². The molecule has 0 aliphatic rings. The molecule has 2 nitrogen and oxygen atoms in total. The standard InChI is InChI=1S/C5H14O2P2/c6-8-4-2-1-3-5-9-7/h6-9H,1-5H2. The molecule has 0 aromatic carbocycles. The SMILES string of the molecule is OPCCCCCPO. The molecule has 0 amide bonds. The average molecular weight is 168 g/mol. The van der Waals surface area contributed by atoms with Gasteiger partial charge in [-0.25, -0.2) is 0 Å². The number of hydrogen-bond acceptors (Lipinski definition) is 2. The molecule has 4 heteroatoms. The first-order chi connectivity index (χ1) is 4.41. The molecule has 0 heterocycles. The minimum absolute atomic E-state index is 0.109. The summed E-state index contributed by atoms with van der Waals surface area (Å²) in [6.45, 7) is 0. The predicted octanol–water partition coefficient (Wildman–Crippen LogP) is 1.33. The van der Waals surface area contributed by atoms with Crippen molar-refractivity contribution in [2.45, 2.75) is 19.3 Å². The van der Waals surface area contributed by atoms with Crippen LogP contribution in [0.5, 0.6) is 0 Å². The van der Waals surface area contributed by atoms with Crippen LogP contribution in [0.25, 0.3) is 0 Å². The summed E-state index contributed by atoms with van der Waals surface area (Å²) in [6, 6.07) is 0. The van der Waals surface area contributed by atoms with Gasteiger partial charge in [0.15, 0.2) is 0 Å². The quantitative estimate of drug-likeness (QED) is 0.464. The monoisotopic (exact) mass is 168 g/mol. The Morgan fingerprint density at radius 2 is 1.22 bits per heavy atom. The van der Waals surface area contributed by atoms with Crippen LogP contribution in [0.4, 0.5) is 0 Å². The Hall–Kier alpha value is 0.780. The van der Waals surface area contributed by atoms with Gasteiger partial charge in [-0.3, -0.25) is 0 Å². The second-order valence-corrected chi connectivity index (χ2v) is 3.51. The van der Waals surface area contributed by atoms with Crippen LogP contribution < -0.4 is 0 Å². The Bertz CT molecular complexity index is 46.2. The van der Waals surface area contributed by atoms with Crippen molar-refractivity contribution < 1.29 is 9.79 Å². The first kappa shape index (κ1) is 9.78. The molecule has 2 atom stereocenters. The van der Waals surface area contributed by atoms with Crippen molar-refractivity contribution in [1.29, 1.82) is 0 Å². The van der Waals surface area contributed by atoms with Crippen molar-refractivity contribution in [1.82, 2.24) is 0 Å². The number of rotatable bonds is 6. The largest absolute Gasteiger partial charge is 0.377 e. The van der Waals surface area contributed by atoms with E-state index in [0.29, 0.717) is 0 Å². The average Bonchev–Trinajstić information content (AvgIpc) is 1.89. The van der Waals surface area contributed by atoms with E-state index in [1.807, 2.05) is 0 Å². The lowest BCUT2D eigenvalue weighted by Gasteiger charge is -1.95. The summed E-state index contributed by atoms with van der Waals surface area (Å²) < 4.78 is 0. The van der Waals surface area contributed by atoms with Crippen molar-refractivity contribution >= 4 is 17.6 Å². The van der Waals surface area contributed by atoms with E-state index >= 15 is 0 Å². The second-order valence-electron chi connectivity index (χ2n) is 1.88. The van der Waals surface area contributed by atoms with Crippen LogP contribution in [-0.4, -0.2) is 22.1 Å². The van der Waals surface area contributed by atoms with E-state index in [1.54, 1.807) is 0 Å². The zero-order chi connectivity index (χ0) is 6.95. The lowest BCUT2D eigenvalue weighted by Crippen LogP contribution is -1.80. The normalized spacial score (nSPS) is 12.7. The van der Waals surface area contributed by atoms with Crippen molar-refractivity contribution in [3.05, 3.63) is 0 Å². The van der Waals surface area contributed by atoms with Gasteiger partial charge in [0, 0.05) is 17.6 Å². The fraction of sp³-hybridized carbons (Fsp3) is 1.00. The van der Waals surface area contributed by atoms with E-state index in [9.17, 15) is 0 Å².